The fourth-order valence-corrected chi connectivity index (χ4v) is 3.76. The van der Waals surface area contributed by atoms with E-state index in [0.29, 0.717) is 42.0 Å². The molecular weight excluding hydrogens is 439 g/mol. The van der Waals surface area contributed by atoms with Crippen molar-refractivity contribution >= 4 is 6.09 Å². The predicted octanol–water partition coefficient (Wildman–Crippen LogP) is 4.77. The van der Waals surface area contributed by atoms with Gasteiger partial charge >= 0.3 is 12.3 Å². The van der Waals surface area contributed by atoms with Crippen molar-refractivity contribution in [3.8, 4) is 17.0 Å². The third-order valence-corrected chi connectivity index (χ3v) is 5.41. The topological polar surface area (TPSA) is 84.8 Å². The molecule has 1 aliphatic rings. The second kappa shape index (κ2) is 9.17. The van der Waals surface area contributed by atoms with E-state index in [1.165, 1.54) is 13.2 Å². The number of alkyl halides is 3. The number of likely N-dealkylation sites (tertiary alicyclic amines) is 1. The van der Waals surface area contributed by atoms with E-state index in [9.17, 15) is 23.1 Å². The maximum Gasteiger partial charge on any atom is 0.416 e. The van der Waals surface area contributed by atoms with Crippen molar-refractivity contribution in [3.63, 3.8) is 0 Å². The monoisotopic (exact) mass is 467 g/mol. The highest BCUT2D eigenvalue weighted by molar-refractivity contribution is 5.70. The molecule has 0 aliphatic carbocycles. The zero-order chi connectivity index (χ0) is 24.6. The van der Waals surface area contributed by atoms with Crippen LogP contribution in [0, 0.1) is 12.8 Å². The number of ether oxygens (including phenoxy) is 2. The molecule has 10 heteroatoms. The van der Waals surface area contributed by atoms with Crippen molar-refractivity contribution in [3.05, 3.63) is 41.1 Å². The van der Waals surface area contributed by atoms with Gasteiger partial charge in [-0.15, -0.1) is 5.10 Å². The number of halogens is 3. The van der Waals surface area contributed by atoms with E-state index in [2.05, 4.69) is 10.2 Å². The normalized spacial score (nSPS) is 17.7. The van der Waals surface area contributed by atoms with Gasteiger partial charge in [0, 0.05) is 24.6 Å². The number of aliphatic hydroxyl groups excluding tert-OH is 1. The van der Waals surface area contributed by atoms with Crippen LogP contribution in [0.15, 0.2) is 24.3 Å². The Kier molecular flexibility index (Phi) is 6.88. The molecule has 1 aromatic carbocycles. The first kappa shape index (κ1) is 24.8. The number of carbonyl (C=O) groups excluding carboxylic acids is 1. The Morgan fingerprint density at radius 1 is 1.21 bits per heavy atom. The molecule has 1 aliphatic heterocycles. The van der Waals surface area contributed by atoms with Gasteiger partial charge in [-0.25, -0.2) is 4.79 Å². The standard InChI is InChI=1S/C23H28F3N3O4/c1-13-10-17(20(30)14-8-9-29(12-14)21(31)33-22(2,3)4)27-28-19(13)16-7-6-15(23(24,25)26)11-18(16)32-5/h6-7,10-11,14,20,30H,8-9,12H2,1-5H3. The SMILES string of the molecule is COc1cc(C(F)(F)F)ccc1-c1nnc(C(O)C2CCN(C(=O)OC(C)(C)C)C2)cc1C. The van der Waals surface area contributed by atoms with E-state index < -0.39 is 29.5 Å². The molecule has 1 N–H and O–H groups in total. The average molecular weight is 467 g/mol. The molecule has 2 heterocycles. The van der Waals surface area contributed by atoms with E-state index >= 15 is 0 Å². The van der Waals surface area contributed by atoms with Crippen LogP contribution >= 0.6 is 0 Å². The lowest BCUT2D eigenvalue weighted by Crippen LogP contribution is -2.35. The summed E-state index contributed by atoms with van der Waals surface area (Å²) < 4.78 is 49.6. The van der Waals surface area contributed by atoms with Crippen LogP contribution in [0.1, 0.15) is 50.1 Å². The summed E-state index contributed by atoms with van der Waals surface area (Å²) >= 11 is 0. The minimum Gasteiger partial charge on any atom is -0.496 e. The van der Waals surface area contributed by atoms with Crippen LogP contribution in [-0.4, -0.2) is 52.1 Å². The number of aromatic nitrogens is 2. The lowest BCUT2D eigenvalue weighted by Gasteiger charge is -2.25. The van der Waals surface area contributed by atoms with E-state index in [1.54, 1.807) is 38.7 Å². The van der Waals surface area contributed by atoms with Gasteiger partial charge in [0.05, 0.1) is 24.1 Å². The minimum absolute atomic E-state index is 0.0271. The molecule has 3 rings (SSSR count). The fourth-order valence-electron chi connectivity index (χ4n) is 3.76. The van der Waals surface area contributed by atoms with Gasteiger partial charge < -0.3 is 19.5 Å². The van der Waals surface area contributed by atoms with Crippen molar-refractivity contribution in [1.82, 2.24) is 15.1 Å². The first-order valence-corrected chi connectivity index (χ1v) is 10.6. The summed E-state index contributed by atoms with van der Waals surface area (Å²) in [5.41, 5.74) is 0.256. The van der Waals surface area contributed by atoms with E-state index in [0.717, 1.165) is 12.1 Å². The van der Waals surface area contributed by atoms with Crippen LogP contribution in [0.4, 0.5) is 18.0 Å². The molecule has 7 nitrogen and oxygen atoms in total. The molecular formula is C23H28F3N3O4. The summed E-state index contributed by atoms with van der Waals surface area (Å²) in [6.07, 6.45) is -5.29. The van der Waals surface area contributed by atoms with Gasteiger partial charge in [-0.05, 0) is 63.9 Å². The lowest BCUT2D eigenvalue weighted by molar-refractivity contribution is -0.137. The largest absolute Gasteiger partial charge is 0.496 e. The van der Waals surface area contributed by atoms with Crippen LogP contribution in [0.25, 0.3) is 11.3 Å². The number of rotatable bonds is 4. The molecule has 33 heavy (non-hydrogen) atoms. The molecule has 0 bridgehead atoms. The Morgan fingerprint density at radius 3 is 2.48 bits per heavy atom. The van der Waals surface area contributed by atoms with Gasteiger partial charge in [0.15, 0.2) is 0 Å². The summed E-state index contributed by atoms with van der Waals surface area (Å²) in [5.74, 6) is -0.211. The maximum atomic E-state index is 13.0. The predicted molar refractivity (Wildman–Crippen MR) is 115 cm³/mol. The number of methoxy groups -OCH3 is 1. The molecule has 0 saturated carbocycles. The lowest BCUT2D eigenvalue weighted by atomic mass is 9.97. The first-order chi connectivity index (χ1) is 15.3. The summed E-state index contributed by atoms with van der Waals surface area (Å²) in [5, 5.41) is 19.1. The summed E-state index contributed by atoms with van der Waals surface area (Å²) in [6.45, 7) is 7.89. The summed E-state index contributed by atoms with van der Waals surface area (Å²) in [4.78, 5) is 13.8. The second-order valence-corrected chi connectivity index (χ2v) is 9.13. The molecule has 2 atom stereocenters. The number of amides is 1. The Labute approximate surface area is 190 Å². The van der Waals surface area contributed by atoms with Crippen molar-refractivity contribution in [1.29, 1.82) is 0 Å². The molecule has 1 amide bonds. The third kappa shape index (κ3) is 5.73. The van der Waals surface area contributed by atoms with Gasteiger partial charge in [-0.3, -0.25) is 0 Å². The molecule has 1 saturated heterocycles. The summed E-state index contributed by atoms with van der Waals surface area (Å²) in [6, 6.07) is 4.83. The molecule has 180 valence electrons. The van der Waals surface area contributed by atoms with Gasteiger partial charge in [-0.1, -0.05) is 0 Å². The van der Waals surface area contributed by atoms with Crippen molar-refractivity contribution < 1.29 is 32.5 Å². The van der Waals surface area contributed by atoms with Gasteiger partial charge in [-0.2, -0.15) is 18.3 Å². The smallest absolute Gasteiger partial charge is 0.416 e. The molecule has 1 aromatic heterocycles. The van der Waals surface area contributed by atoms with Gasteiger partial charge in [0.1, 0.15) is 17.5 Å². The number of hydrogen-bond donors (Lipinski definition) is 1. The quantitative estimate of drug-likeness (QED) is 0.697. The number of hydrogen-bond acceptors (Lipinski definition) is 6. The van der Waals surface area contributed by atoms with Crippen LogP contribution in [0.3, 0.4) is 0 Å². The second-order valence-electron chi connectivity index (χ2n) is 9.13. The molecule has 1 fully saturated rings. The maximum absolute atomic E-state index is 13.0. The highest BCUT2D eigenvalue weighted by atomic mass is 19.4. The Bertz CT molecular complexity index is 1020. The summed E-state index contributed by atoms with van der Waals surface area (Å²) in [7, 11) is 1.29. The Hall–Kier alpha value is -2.88. The average Bonchev–Trinajstić information content (AvgIpc) is 3.21. The number of carbonyl (C=O) groups is 1. The van der Waals surface area contributed by atoms with E-state index in [-0.39, 0.29) is 11.7 Å². The number of aliphatic hydroxyl groups is 1. The van der Waals surface area contributed by atoms with Crippen LogP contribution in [0.5, 0.6) is 5.75 Å². The van der Waals surface area contributed by atoms with Crippen molar-refractivity contribution in [2.75, 3.05) is 20.2 Å². The Morgan fingerprint density at radius 2 is 1.91 bits per heavy atom. The number of nitrogens with zero attached hydrogens (tertiary/aromatic N) is 3. The van der Waals surface area contributed by atoms with E-state index in [1.807, 2.05) is 0 Å². The first-order valence-electron chi connectivity index (χ1n) is 10.6. The Balaban J connectivity index is 1.78. The molecule has 0 radical (unpaired) electrons. The fraction of sp³-hybridized carbons (Fsp3) is 0.522. The van der Waals surface area contributed by atoms with Gasteiger partial charge in [0.25, 0.3) is 0 Å². The van der Waals surface area contributed by atoms with Crippen LogP contribution < -0.4 is 4.74 Å². The number of benzene rings is 1. The zero-order valence-corrected chi connectivity index (χ0v) is 19.2. The molecule has 0 spiro atoms. The van der Waals surface area contributed by atoms with Crippen molar-refractivity contribution in [2.45, 2.75) is 52.0 Å². The van der Waals surface area contributed by atoms with Crippen LogP contribution in [0.2, 0.25) is 0 Å². The molecule has 2 aromatic rings. The highest BCUT2D eigenvalue weighted by Gasteiger charge is 2.35. The van der Waals surface area contributed by atoms with Crippen LogP contribution in [-0.2, 0) is 10.9 Å². The molecule has 2 unspecified atom stereocenters. The van der Waals surface area contributed by atoms with Crippen molar-refractivity contribution in [2.24, 2.45) is 5.92 Å². The zero-order valence-electron chi connectivity index (χ0n) is 19.2. The van der Waals surface area contributed by atoms with Gasteiger partial charge in [0.2, 0.25) is 0 Å². The number of aryl methyl sites for hydroxylation is 1. The van der Waals surface area contributed by atoms with E-state index in [4.69, 9.17) is 9.47 Å². The highest BCUT2D eigenvalue weighted by Crippen LogP contribution is 2.38. The third-order valence-electron chi connectivity index (χ3n) is 5.41. The minimum atomic E-state index is -4.49.